The average Bonchev–Trinajstić information content (AvgIpc) is 3.32. The number of nitrogens with one attached hydrogen (secondary N) is 1. The molecule has 2 amide bonds. The lowest BCUT2D eigenvalue weighted by atomic mass is 9.85. The number of hydrogen-bond acceptors (Lipinski definition) is 4. The second-order valence-corrected chi connectivity index (χ2v) is 6.66. The monoisotopic (exact) mass is 372 g/mol. The lowest BCUT2D eigenvalue weighted by Crippen LogP contribution is -2.47. The number of amides is 2. The zero-order valence-electron chi connectivity index (χ0n) is 15.7. The van der Waals surface area contributed by atoms with Crippen molar-refractivity contribution >= 4 is 17.8 Å². The fourth-order valence-electron chi connectivity index (χ4n) is 3.46. The summed E-state index contributed by atoms with van der Waals surface area (Å²) in [6.07, 6.45) is 2.43. The van der Waals surface area contributed by atoms with Crippen molar-refractivity contribution in [2.45, 2.75) is 38.8 Å². The fraction of sp³-hybridized carbons (Fsp3) is 0.400. The molecule has 0 saturated heterocycles. The number of fused-ring (bicyclic) bond motifs is 2. The van der Waals surface area contributed by atoms with Gasteiger partial charge >= 0.3 is 0 Å². The van der Waals surface area contributed by atoms with Crippen LogP contribution in [0.3, 0.4) is 0 Å². The van der Waals surface area contributed by atoms with E-state index in [1.807, 2.05) is 32.9 Å². The van der Waals surface area contributed by atoms with Crippen molar-refractivity contribution < 1.29 is 15.4 Å². The van der Waals surface area contributed by atoms with Gasteiger partial charge in [-0.15, -0.1) is 0 Å². The Labute approximate surface area is 159 Å². The van der Waals surface area contributed by atoms with E-state index in [4.69, 9.17) is 0 Å². The van der Waals surface area contributed by atoms with Crippen LogP contribution in [0.4, 0.5) is 10.3 Å². The number of rotatable bonds is 3. The van der Waals surface area contributed by atoms with Gasteiger partial charge in [-0.05, 0) is 31.0 Å². The molecule has 1 saturated carbocycles. The van der Waals surface area contributed by atoms with Gasteiger partial charge in [-0.1, -0.05) is 31.5 Å². The number of anilines is 1. The first-order valence-corrected chi connectivity index (χ1v) is 9.11. The van der Waals surface area contributed by atoms with Crippen LogP contribution < -0.4 is 5.32 Å². The van der Waals surface area contributed by atoms with E-state index in [9.17, 15) is 14.0 Å². The second kappa shape index (κ2) is 7.42. The van der Waals surface area contributed by atoms with E-state index in [1.54, 1.807) is 12.1 Å². The largest absolute Gasteiger partial charge is 0.328 e. The summed E-state index contributed by atoms with van der Waals surface area (Å²) >= 11 is 0. The number of aromatic nitrogens is 2. The van der Waals surface area contributed by atoms with Crippen molar-refractivity contribution in [2.24, 2.45) is 0 Å². The lowest BCUT2D eigenvalue weighted by Gasteiger charge is -2.34. The number of carbonyl (C=O) groups is 2. The van der Waals surface area contributed by atoms with Crippen molar-refractivity contribution in [1.82, 2.24) is 14.9 Å². The highest BCUT2D eigenvalue weighted by Crippen LogP contribution is 2.54. The molecule has 6 nitrogen and oxygen atoms in total. The van der Waals surface area contributed by atoms with Gasteiger partial charge in [0.05, 0.1) is 0 Å². The standard InChI is InChI=1S/C18H17FN4O2.C2H6.H2/c1-11-3-4-12-13(7-11)18(8-14(18)19)10-23(16(12)25)9-15(24)22-17-20-5-2-6-21-17;1-2;/h2-7,14H,8-10H2,1H3,(H,20,21,22,24);1-2H3;1H/t14-,18+;;/m1../s1. The van der Waals surface area contributed by atoms with Crippen LogP contribution >= 0.6 is 0 Å². The lowest BCUT2D eigenvalue weighted by molar-refractivity contribution is -0.117. The highest BCUT2D eigenvalue weighted by Gasteiger charge is 2.61. The van der Waals surface area contributed by atoms with Crippen molar-refractivity contribution in [3.63, 3.8) is 0 Å². The van der Waals surface area contributed by atoms with Gasteiger partial charge in [0.25, 0.3) is 5.91 Å². The van der Waals surface area contributed by atoms with Crippen LogP contribution in [-0.4, -0.2) is 45.9 Å². The molecule has 4 rings (SSSR count). The minimum atomic E-state index is -0.982. The predicted octanol–water partition coefficient (Wildman–Crippen LogP) is 3.13. The molecule has 1 aromatic heterocycles. The molecule has 1 aliphatic heterocycles. The van der Waals surface area contributed by atoms with Crippen LogP contribution in [0.15, 0.2) is 36.7 Å². The maximum atomic E-state index is 14.2. The summed E-state index contributed by atoms with van der Waals surface area (Å²) in [4.78, 5) is 34.2. The topological polar surface area (TPSA) is 75.2 Å². The molecular formula is C20H25FN4O2. The Morgan fingerprint density at radius 2 is 2.04 bits per heavy atom. The van der Waals surface area contributed by atoms with Gasteiger partial charge in [0.1, 0.15) is 12.7 Å². The smallest absolute Gasteiger partial charge is 0.254 e. The van der Waals surface area contributed by atoms with E-state index in [1.165, 1.54) is 17.3 Å². The van der Waals surface area contributed by atoms with E-state index >= 15 is 0 Å². The summed E-state index contributed by atoms with van der Waals surface area (Å²) in [7, 11) is 0. The van der Waals surface area contributed by atoms with Gasteiger partial charge in [-0.25, -0.2) is 14.4 Å². The highest BCUT2D eigenvalue weighted by atomic mass is 19.1. The van der Waals surface area contributed by atoms with Gasteiger partial charge in [-0.3, -0.25) is 14.9 Å². The molecule has 27 heavy (non-hydrogen) atoms. The molecule has 2 aromatic rings. The van der Waals surface area contributed by atoms with Crippen LogP contribution in [0.1, 0.15) is 43.2 Å². The molecule has 1 aliphatic carbocycles. The predicted molar refractivity (Wildman–Crippen MR) is 102 cm³/mol. The van der Waals surface area contributed by atoms with Crippen molar-refractivity contribution in [1.29, 1.82) is 0 Å². The summed E-state index contributed by atoms with van der Waals surface area (Å²) in [6.45, 7) is 5.99. The quantitative estimate of drug-likeness (QED) is 0.898. The van der Waals surface area contributed by atoms with Gasteiger partial charge in [0, 0.05) is 31.3 Å². The van der Waals surface area contributed by atoms with E-state index in [0.29, 0.717) is 12.0 Å². The molecule has 0 radical (unpaired) electrons. The summed E-state index contributed by atoms with van der Waals surface area (Å²) in [5, 5.41) is 2.55. The number of halogens is 1. The Kier molecular flexibility index (Phi) is 5.21. The molecule has 1 aromatic carbocycles. The van der Waals surface area contributed by atoms with Crippen LogP contribution in [0.2, 0.25) is 0 Å². The van der Waals surface area contributed by atoms with Crippen LogP contribution in [0.5, 0.6) is 0 Å². The number of carbonyl (C=O) groups excluding carboxylic acids is 2. The minimum Gasteiger partial charge on any atom is -0.328 e. The number of alkyl halides is 1. The SMILES string of the molecule is CC.Cc1ccc2c(c1)[C@]1(C[C@H]1F)CN(CC(=O)Nc1ncccn1)C2=O.[HH]. The van der Waals surface area contributed by atoms with Gasteiger partial charge < -0.3 is 4.90 Å². The van der Waals surface area contributed by atoms with Gasteiger partial charge in [0.2, 0.25) is 11.9 Å². The number of aryl methyl sites for hydroxylation is 1. The Hall–Kier alpha value is -2.83. The van der Waals surface area contributed by atoms with Crippen molar-refractivity contribution in [2.75, 3.05) is 18.4 Å². The zero-order chi connectivity index (χ0) is 19.6. The maximum absolute atomic E-state index is 14.2. The molecule has 1 N–H and O–H groups in total. The number of nitrogens with zero attached hydrogens (tertiary/aromatic N) is 3. The number of benzene rings is 1. The average molecular weight is 372 g/mol. The van der Waals surface area contributed by atoms with Gasteiger partial charge in [-0.2, -0.15) is 0 Å². The molecular weight excluding hydrogens is 347 g/mol. The molecule has 1 fully saturated rings. The van der Waals surface area contributed by atoms with Crippen molar-refractivity contribution in [3.05, 3.63) is 53.3 Å². The van der Waals surface area contributed by atoms with Gasteiger partial charge in [0.15, 0.2) is 0 Å². The fourth-order valence-corrected chi connectivity index (χ4v) is 3.46. The van der Waals surface area contributed by atoms with Crippen LogP contribution in [-0.2, 0) is 10.2 Å². The Morgan fingerprint density at radius 1 is 1.37 bits per heavy atom. The third-order valence-electron chi connectivity index (χ3n) is 4.84. The van der Waals surface area contributed by atoms with E-state index in [2.05, 4.69) is 15.3 Å². The first-order valence-electron chi connectivity index (χ1n) is 9.11. The number of hydrogen-bond donors (Lipinski definition) is 1. The maximum Gasteiger partial charge on any atom is 0.254 e. The molecule has 0 bridgehead atoms. The molecule has 2 aliphatic rings. The first kappa shape index (κ1) is 18.9. The molecule has 2 atom stereocenters. The molecule has 1 spiro atoms. The highest BCUT2D eigenvalue weighted by molar-refractivity contribution is 6.01. The normalized spacial score (nSPS) is 22.6. The second-order valence-electron chi connectivity index (χ2n) is 6.66. The minimum absolute atomic E-state index is 0. The van der Waals surface area contributed by atoms with Crippen LogP contribution in [0, 0.1) is 6.92 Å². The van der Waals surface area contributed by atoms with E-state index < -0.39 is 17.5 Å². The summed E-state index contributed by atoms with van der Waals surface area (Å²) in [5.41, 5.74) is 1.59. The molecule has 2 heterocycles. The Balaban J connectivity index is 0.000000906. The third kappa shape index (κ3) is 3.54. The van der Waals surface area contributed by atoms with Crippen LogP contribution in [0.25, 0.3) is 0 Å². The Morgan fingerprint density at radius 3 is 2.67 bits per heavy atom. The summed E-state index contributed by atoms with van der Waals surface area (Å²) in [6, 6.07) is 7.09. The van der Waals surface area contributed by atoms with E-state index in [0.717, 1.165) is 11.1 Å². The zero-order valence-corrected chi connectivity index (χ0v) is 15.7. The third-order valence-corrected chi connectivity index (χ3v) is 4.84. The summed E-state index contributed by atoms with van der Waals surface area (Å²) in [5.74, 6) is -0.470. The Bertz CT molecular complexity index is 865. The van der Waals surface area contributed by atoms with Crippen molar-refractivity contribution in [3.8, 4) is 0 Å². The molecule has 144 valence electrons. The summed E-state index contributed by atoms with van der Waals surface area (Å²) < 4.78 is 14.2. The molecule has 0 unspecified atom stereocenters. The van der Waals surface area contributed by atoms with E-state index in [-0.39, 0.29) is 26.4 Å². The first-order chi connectivity index (χ1) is 13.0. The molecule has 7 heteroatoms.